The number of ether oxygens (including phenoxy) is 3. The molecule has 148 valence electrons. The van der Waals surface area contributed by atoms with Gasteiger partial charge < -0.3 is 24.2 Å². The molecule has 2 rings (SSSR count). The number of methoxy groups -OCH3 is 2. The second kappa shape index (κ2) is 9.17. The van der Waals surface area contributed by atoms with E-state index < -0.39 is 28.5 Å². The van der Waals surface area contributed by atoms with Crippen molar-refractivity contribution in [3.05, 3.63) is 27.8 Å². The van der Waals surface area contributed by atoms with Crippen molar-refractivity contribution in [3.63, 3.8) is 0 Å². The third-order valence-electron chi connectivity index (χ3n) is 4.30. The van der Waals surface area contributed by atoms with Crippen molar-refractivity contribution in [2.24, 2.45) is 0 Å². The van der Waals surface area contributed by atoms with Crippen LogP contribution >= 0.6 is 0 Å². The number of carbonyl (C=O) groups excluding carboxylic acids is 1. The summed E-state index contributed by atoms with van der Waals surface area (Å²) in [5, 5.41) is 20.5. The first-order chi connectivity index (χ1) is 12.9. The molecule has 0 spiro atoms. The molecule has 1 heterocycles. The number of nitro groups is 1. The number of hydrogen-bond donors (Lipinski definition) is 1. The van der Waals surface area contributed by atoms with E-state index in [-0.39, 0.29) is 36.7 Å². The van der Waals surface area contributed by atoms with Gasteiger partial charge in [0.05, 0.1) is 31.1 Å². The average Bonchev–Trinajstić information content (AvgIpc) is 3.08. The topological polar surface area (TPSA) is 128 Å². The highest BCUT2D eigenvalue weighted by Crippen LogP contribution is 2.36. The van der Waals surface area contributed by atoms with E-state index in [2.05, 4.69) is 0 Å². The van der Waals surface area contributed by atoms with Gasteiger partial charge in [-0.05, 0) is 12.8 Å². The van der Waals surface area contributed by atoms with Crippen LogP contribution in [0.1, 0.15) is 29.6 Å². The van der Waals surface area contributed by atoms with Crippen LogP contribution in [0.15, 0.2) is 12.1 Å². The van der Waals surface area contributed by atoms with Gasteiger partial charge in [0.25, 0.3) is 11.6 Å². The fourth-order valence-corrected chi connectivity index (χ4v) is 3.05. The highest BCUT2D eigenvalue weighted by Gasteiger charge is 2.35. The standard InChI is InChI=1S/C17H22N2O8/c1-25-6-7-27-15-10-13(19(23)24)12(9-14(15)26-2)17(22)18-5-3-4-11(18)8-16(20)21/h9-11H,3-8H2,1-2H3,(H,20,21). The van der Waals surface area contributed by atoms with Crippen LogP contribution in [0.5, 0.6) is 11.5 Å². The Morgan fingerprint density at radius 2 is 2.04 bits per heavy atom. The molecule has 0 saturated carbocycles. The number of likely N-dealkylation sites (tertiary alicyclic amines) is 1. The van der Waals surface area contributed by atoms with Gasteiger partial charge in [0, 0.05) is 25.8 Å². The van der Waals surface area contributed by atoms with E-state index in [1.54, 1.807) is 0 Å². The van der Waals surface area contributed by atoms with Crippen LogP contribution in [-0.2, 0) is 9.53 Å². The Labute approximate surface area is 155 Å². The molecule has 1 aromatic carbocycles. The molecule has 1 N–H and O–H groups in total. The summed E-state index contributed by atoms with van der Waals surface area (Å²) in [7, 11) is 2.86. The summed E-state index contributed by atoms with van der Waals surface area (Å²) < 4.78 is 15.5. The summed E-state index contributed by atoms with van der Waals surface area (Å²) in [6.07, 6.45) is 0.989. The molecule has 10 heteroatoms. The van der Waals surface area contributed by atoms with Crippen molar-refractivity contribution < 1.29 is 33.8 Å². The smallest absolute Gasteiger partial charge is 0.305 e. The molecule has 1 saturated heterocycles. The summed E-state index contributed by atoms with van der Waals surface area (Å²) in [5.41, 5.74) is -0.581. The molecule has 10 nitrogen and oxygen atoms in total. The molecule has 1 aliphatic rings. The van der Waals surface area contributed by atoms with E-state index in [1.165, 1.54) is 25.2 Å². The van der Waals surface area contributed by atoms with Crippen LogP contribution in [0, 0.1) is 10.1 Å². The van der Waals surface area contributed by atoms with Gasteiger partial charge in [0.15, 0.2) is 11.5 Å². The van der Waals surface area contributed by atoms with E-state index in [0.717, 1.165) is 6.07 Å². The lowest BCUT2D eigenvalue weighted by molar-refractivity contribution is -0.385. The SMILES string of the molecule is COCCOc1cc([N+](=O)[O-])c(C(=O)N2CCCC2CC(=O)O)cc1OC. The highest BCUT2D eigenvalue weighted by atomic mass is 16.6. The summed E-state index contributed by atoms with van der Waals surface area (Å²) in [6.45, 7) is 0.786. The minimum absolute atomic E-state index is 0.126. The maximum atomic E-state index is 12.9. The van der Waals surface area contributed by atoms with E-state index in [4.69, 9.17) is 19.3 Å². The number of carboxylic acid groups (broad SMARTS) is 1. The van der Waals surface area contributed by atoms with Crippen molar-refractivity contribution in [1.29, 1.82) is 0 Å². The monoisotopic (exact) mass is 382 g/mol. The maximum absolute atomic E-state index is 12.9. The molecule has 1 fully saturated rings. The van der Waals surface area contributed by atoms with E-state index >= 15 is 0 Å². The van der Waals surface area contributed by atoms with Crippen molar-refractivity contribution in [3.8, 4) is 11.5 Å². The number of hydrogen-bond acceptors (Lipinski definition) is 7. The molecular weight excluding hydrogens is 360 g/mol. The number of nitro benzene ring substituents is 1. The van der Waals surface area contributed by atoms with Crippen LogP contribution in [0.3, 0.4) is 0 Å². The van der Waals surface area contributed by atoms with Gasteiger partial charge in [-0.3, -0.25) is 19.7 Å². The van der Waals surface area contributed by atoms with Crippen molar-refractivity contribution in [2.75, 3.05) is 34.0 Å². The van der Waals surface area contributed by atoms with Crippen LogP contribution < -0.4 is 9.47 Å². The number of benzene rings is 1. The number of carbonyl (C=O) groups is 2. The molecular formula is C17H22N2O8. The Morgan fingerprint density at radius 3 is 2.63 bits per heavy atom. The Balaban J connectivity index is 2.37. The first-order valence-corrected chi connectivity index (χ1v) is 8.40. The Morgan fingerprint density at radius 1 is 1.30 bits per heavy atom. The third-order valence-corrected chi connectivity index (χ3v) is 4.30. The van der Waals surface area contributed by atoms with Crippen LogP contribution in [0.4, 0.5) is 5.69 Å². The number of amides is 1. The van der Waals surface area contributed by atoms with Gasteiger partial charge in [0.1, 0.15) is 12.2 Å². The lowest BCUT2D eigenvalue weighted by atomic mass is 10.1. The van der Waals surface area contributed by atoms with Crippen molar-refractivity contribution in [1.82, 2.24) is 4.90 Å². The van der Waals surface area contributed by atoms with Gasteiger partial charge in [-0.2, -0.15) is 0 Å². The van der Waals surface area contributed by atoms with Gasteiger partial charge in [0.2, 0.25) is 0 Å². The molecule has 1 aromatic rings. The normalized spacial score (nSPS) is 16.2. The molecule has 1 amide bonds. The molecule has 27 heavy (non-hydrogen) atoms. The summed E-state index contributed by atoms with van der Waals surface area (Å²) >= 11 is 0. The molecule has 0 radical (unpaired) electrons. The first-order valence-electron chi connectivity index (χ1n) is 8.40. The third kappa shape index (κ3) is 4.85. The average molecular weight is 382 g/mol. The summed E-state index contributed by atoms with van der Waals surface area (Å²) in [6, 6.07) is 1.92. The predicted octanol–water partition coefficient (Wildman–Crippen LogP) is 1.71. The van der Waals surface area contributed by atoms with Crippen LogP contribution in [-0.4, -0.2) is 66.8 Å². The molecule has 1 atom stereocenters. The molecule has 1 unspecified atom stereocenters. The Kier molecular flexibility index (Phi) is 6.94. The van der Waals surface area contributed by atoms with Gasteiger partial charge in [-0.25, -0.2) is 0 Å². The summed E-state index contributed by atoms with van der Waals surface area (Å²) in [4.78, 5) is 36.1. The number of carboxylic acids is 1. The molecule has 1 aliphatic heterocycles. The number of aliphatic carboxylic acids is 1. The number of nitrogens with zero attached hydrogens (tertiary/aromatic N) is 2. The molecule has 0 aromatic heterocycles. The predicted molar refractivity (Wildman–Crippen MR) is 93.3 cm³/mol. The fourth-order valence-electron chi connectivity index (χ4n) is 3.05. The minimum Gasteiger partial charge on any atom is -0.493 e. The lowest BCUT2D eigenvalue weighted by Gasteiger charge is -2.24. The van der Waals surface area contributed by atoms with E-state index in [0.29, 0.717) is 19.4 Å². The molecule has 0 bridgehead atoms. The fraction of sp³-hybridized carbons (Fsp3) is 0.529. The van der Waals surface area contributed by atoms with Crippen molar-refractivity contribution >= 4 is 17.6 Å². The molecule has 0 aliphatic carbocycles. The number of rotatable bonds is 9. The Hall–Kier alpha value is -2.88. The second-order valence-corrected chi connectivity index (χ2v) is 6.01. The quantitative estimate of drug-likeness (QED) is 0.388. The van der Waals surface area contributed by atoms with Crippen LogP contribution in [0.2, 0.25) is 0 Å². The second-order valence-electron chi connectivity index (χ2n) is 6.01. The highest BCUT2D eigenvalue weighted by molar-refractivity contribution is 5.99. The van der Waals surface area contributed by atoms with Gasteiger partial charge in [-0.1, -0.05) is 0 Å². The Bertz CT molecular complexity index is 721. The zero-order chi connectivity index (χ0) is 20.0. The van der Waals surface area contributed by atoms with E-state index in [1.807, 2.05) is 0 Å². The van der Waals surface area contributed by atoms with Crippen molar-refractivity contribution in [2.45, 2.75) is 25.3 Å². The zero-order valence-electron chi connectivity index (χ0n) is 15.2. The zero-order valence-corrected chi connectivity index (χ0v) is 15.2. The largest absolute Gasteiger partial charge is 0.493 e. The van der Waals surface area contributed by atoms with Crippen LogP contribution in [0.25, 0.3) is 0 Å². The van der Waals surface area contributed by atoms with Gasteiger partial charge >= 0.3 is 5.97 Å². The maximum Gasteiger partial charge on any atom is 0.305 e. The summed E-state index contributed by atoms with van der Waals surface area (Å²) in [5.74, 6) is -1.31. The lowest BCUT2D eigenvalue weighted by Crippen LogP contribution is -2.37. The van der Waals surface area contributed by atoms with Gasteiger partial charge in [-0.15, -0.1) is 0 Å². The first kappa shape index (κ1) is 20.4. The van der Waals surface area contributed by atoms with E-state index in [9.17, 15) is 19.7 Å². The minimum atomic E-state index is -1.02.